The van der Waals surface area contributed by atoms with Crippen LogP contribution in [0, 0.1) is 5.82 Å². The van der Waals surface area contributed by atoms with Crippen LogP contribution in [-0.4, -0.2) is 29.7 Å². The highest BCUT2D eigenvalue weighted by Gasteiger charge is 2.18. The number of benzene rings is 1. The summed E-state index contributed by atoms with van der Waals surface area (Å²) in [7, 11) is 0. The SMILES string of the molecule is Fc1ccc(-c2ccnc(C3CNCCO3)n2)cc1. The van der Waals surface area contributed by atoms with Crippen LogP contribution in [0.15, 0.2) is 36.5 Å². The minimum atomic E-state index is -0.252. The molecule has 5 heteroatoms. The summed E-state index contributed by atoms with van der Waals surface area (Å²) < 4.78 is 18.5. The summed E-state index contributed by atoms with van der Waals surface area (Å²) in [4.78, 5) is 8.75. The lowest BCUT2D eigenvalue weighted by atomic mass is 10.1. The van der Waals surface area contributed by atoms with Crippen molar-refractivity contribution in [3.63, 3.8) is 0 Å². The van der Waals surface area contributed by atoms with Gasteiger partial charge in [0.1, 0.15) is 11.9 Å². The van der Waals surface area contributed by atoms with E-state index in [4.69, 9.17) is 4.74 Å². The van der Waals surface area contributed by atoms with Gasteiger partial charge in [0.05, 0.1) is 12.3 Å². The monoisotopic (exact) mass is 259 g/mol. The van der Waals surface area contributed by atoms with Crippen molar-refractivity contribution in [1.82, 2.24) is 15.3 Å². The van der Waals surface area contributed by atoms with Crippen LogP contribution in [0.5, 0.6) is 0 Å². The van der Waals surface area contributed by atoms with E-state index in [0.717, 1.165) is 17.8 Å². The molecular weight excluding hydrogens is 245 g/mol. The van der Waals surface area contributed by atoms with E-state index >= 15 is 0 Å². The Morgan fingerprint density at radius 1 is 1.21 bits per heavy atom. The first-order chi connectivity index (χ1) is 9.33. The fraction of sp³-hybridized carbons (Fsp3) is 0.286. The van der Waals surface area contributed by atoms with Gasteiger partial charge in [-0.1, -0.05) is 0 Å². The highest BCUT2D eigenvalue weighted by atomic mass is 19.1. The predicted molar refractivity (Wildman–Crippen MR) is 69.0 cm³/mol. The molecule has 1 aromatic carbocycles. The molecule has 0 radical (unpaired) electrons. The molecule has 2 aromatic rings. The van der Waals surface area contributed by atoms with E-state index in [2.05, 4.69) is 15.3 Å². The molecule has 1 saturated heterocycles. The molecule has 1 aromatic heterocycles. The maximum atomic E-state index is 12.9. The summed E-state index contributed by atoms with van der Waals surface area (Å²) in [5.41, 5.74) is 1.65. The molecular formula is C14H14FN3O. The standard InChI is InChI=1S/C14H14FN3O/c15-11-3-1-10(2-4-11)12-5-6-17-14(18-12)13-9-16-7-8-19-13/h1-6,13,16H,7-9H2. The van der Waals surface area contributed by atoms with Gasteiger partial charge in [0.25, 0.3) is 0 Å². The molecule has 19 heavy (non-hydrogen) atoms. The number of rotatable bonds is 2. The van der Waals surface area contributed by atoms with Crippen LogP contribution in [0.3, 0.4) is 0 Å². The molecule has 1 N–H and O–H groups in total. The van der Waals surface area contributed by atoms with Crippen molar-refractivity contribution in [2.75, 3.05) is 19.7 Å². The van der Waals surface area contributed by atoms with Crippen LogP contribution in [0.2, 0.25) is 0 Å². The zero-order valence-corrected chi connectivity index (χ0v) is 10.3. The number of hydrogen-bond acceptors (Lipinski definition) is 4. The average molecular weight is 259 g/mol. The van der Waals surface area contributed by atoms with Crippen molar-refractivity contribution in [1.29, 1.82) is 0 Å². The van der Waals surface area contributed by atoms with Crippen LogP contribution in [0.1, 0.15) is 11.9 Å². The Kier molecular flexibility index (Phi) is 3.48. The number of nitrogens with one attached hydrogen (secondary N) is 1. The summed E-state index contributed by atoms with van der Waals surface area (Å²) in [6.45, 7) is 2.23. The molecule has 1 aliphatic heterocycles. The largest absolute Gasteiger partial charge is 0.368 e. The minimum absolute atomic E-state index is 0.117. The van der Waals surface area contributed by atoms with Gasteiger partial charge in [-0.3, -0.25) is 0 Å². The Morgan fingerprint density at radius 2 is 2.05 bits per heavy atom. The quantitative estimate of drug-likeness (QED) is 0.895. The average Bonchev–Trinajstić information content (AvgIpc) is 2.49. The highest BCUT2D eigenvalue weighted by molar-refractivity contribution is 5.58. The second-order valence-electron chi connectivity index (χ2n) is 4.37. The summed E-state index contributed by atoms with van der Waals surface area (Å²) in [5.74, 6) is 0.409. The van der Waals surface area contributed by atoms with Gasteiger partial charge in [0.15, 0.2) is 5.82 Å². The molecule has 1 fully saturated rings. The Hall–Kier alpha value is -1.85. The lowest BCUT2D eigenvalue weighted by Gasteiger charge is -2.22. The summed E-state index contributed by atoms with van der Waals surface area (Å²) in [6, 6.07) is 8.08. The van der Waals surface area contributed by atoms with E-state index in [9.17, 15) is 4.39 Å². The van der Waals surface area contributed by atoms with Crippen LogP contribution >= 0.6 is 0 Å². The van der Waals surface area contributed by atoms with Crippen molar-refractivity contribution in [2.24, 2.45) is 0 Å². The first-order valence-electron chi connectivity index (χ1n) is 6.24. The van der Waals surface area contributed by atoms with Crippen molar-refractivity contribution >= 4 is 0 Å². The molecule has 0 bridgehead atoms. The van der Waals surface area contributed by atoms with E-state index in [1.165, 1.54) is 12.1 Å². The van der Waals surface area contributed by atoms with Gasteiger partial charge in [0, 0.05) is 24.8 Å². The number of morpholine rings is 1. The highest BCUT2D eigenvalue weighted by Crippen LogP contribution is 2.20. The van der Waals surface area contributed by atoms with Gasteiger partial charge in [-0.2, -0.15) is 0 Å². The molecule has 0 aliphatic carbocycles. The first-order valence-corrected chi connectivity index (χ1v) is 6.24. The molecule has 4 nitrogen and oxygen atoms in total. The van der Waals surface area contributed by atoms with E-state index in [1.807, 2.05) is 6.07 Å². The van der Waals surface area contributed by atoms with Crippen molar-refractivity contribution in [3.8, 4) is 11.3 Å². The van der Waals surface area contributed by atoms with E-state index in [0.29, 0.717) is 19.0 Å². The fourth-order valence-corrected chi connectivity index (χ4v) is 2.04. The first kappa shape index (κ1) is 12.2. The zero-order valence-electron chi connectivity index (χ0n) is 10.3. The molecule has 1 aliphatic rings. The van der Waals surface area contributed by atoms with E-state index in [-0.39, 0.29) is 11.9 Å². The second kappa shape index (κ2) is 5.42. The van der Waals surface area contributed by atoms with E-state index < -0.39 is 0 Å². The topological polar surface area (TPSA) is 47.0 Å². The summed E-state index contributed by atoms with van der Waals surface area (Å²) in [5, 5.41) is 3.25. The molecule has 1 unspecified atom stereocenters. The molecule has 98 valence electrons. The van der Waals surface area contributed by atoms with Crippen molar-refractivity contribution < 1.29 is 9.13 Å². The van der Waals surface area contributed by atoms with Gasteiger partial charge in [-0.15, -0.1) is 0 Å². The van der Waals surface area contributed by atoms with Crippen LogP contribution in [-0.2, 0) is 4.74 Å². The van der Waals surface area contributed by atoms with Gasteiger partial charge in [-0.05, 0) is 30.3 Å². The van der Waals surface area contributed by atoms with E-state index in [1.54, 1.807) is 18.3 Å². The Bertz CT molecular complexity index is 553. The Balaban J connectivity index is 1.88. The van der Waals surface area contributed by atoms with Gasteiger partial charge in [-0.25, -0.2) is 14.4 Å². The molecule has 1 atom stereocenters. The number of nitrogens with zero attached hydrogens (tertiary/aromatic N) is 2. The third kappa shape index (κ3) is 2.77. The lowest BCUT2D eigenvalue weighted by Crippen LogP contribution is -2.34. The minimum Gasteiger partial charge on any atom is -0.368 e. The van der Waals surface area contributed by atoms with Crippen molar-refractivity contribution in [3.05, 3.63) is 48.2 Å². The predicted octanol–water partition coefficient (Wildman–Crippen LogP) is 1.94. The Morgan fingerprint density at radius 3 is 2.79 bits per heavy atom. The lowest BCUT2D eigenvalue weighted by molar-refractivity contribution is 0.0222. The normalized spacial score (nSPS) is 19.3. The van der Waals surface area contributed by atoms with Crippen molar-refractivity contribution in [2.45, 2.75) is 6.10 Å². The van der Waals surface area contributed by atoms with Crippen LogP contribution < -0.4 is 5.32 Å². The van der Waals surface area contributed by atoms with Gasteiger partial charge < -0.3 is 10.1 Å². The van der Waals surface area contributed by atoms with Gasteiger partial charge in [0.2, 0.25) is 0 Å². The third-order valence-corrected chi connectivity index (χ3v) is 3.03. The molecule has 3 rings (SSSR count). The molecule has 2 heterocycles. The molecule has 0 amide bonds. The smallest absolute Gasteiger partial charge is 0.159 e. The number of halogens is 1. The molecule has 0 saturated carbocycles. The van der Waals surface area contributed by atoms with Gasteiger partial charge >= 0.3 is 0 Å². The summed E-state index contributed by atoms with van der Waals surface area (Å²) >= 11 is 0. The fourth-order valence-electron chi connectivity index (χ4n) is 2.04. The number of ether oxygens (including phenoxy) is 1. The molecule has 0 spiro atoms. The van der Waals surface area contributed by atoms with Crippen LogP contribution in [0.25, 0.3) is 11.3 Å². The maximum absolute atomic E-state index is 12.9. The number of aromatic nitrogens is 2. The zero-order chi connectivity index (χ0) is 13.1. The second-order valence-corrected chi connectivity index (χ2v) is 4.37. The maximum Gasteiger partial charge on any atom is 0.159 e. The van der Waals surface area contributed by atoms with Crippen LogP contribution in [0.4, 0.5) is 4.39 Å². The third-order valence-electron chi connectivity index (χ3n) is 3.03. The Labute approximate surface area is 110 Å². The number of hydrogen-bond donors (Lipinski definition) is 1. The summed E-state index contributed by atoms with van der Waals surface area (Å²) in [6.07, 6.45) is 1.59.